The molecule has 4 fully saturated rings. The van der Waals surface area contributed by atoms with Crippen LogP contribution in [0.15, 0.2) is 53.3 Å². The third-order valence-corrected chi connectivity index (χ3v) is 8.56. The van der Waals surface area contributed by atoms with Gasteiger partial charge in [0, 0.05) is 34.9 Å². The van der Waals surface area contributed by atoms with E-state index in [1.165, 1.54) is 5.56 Å². The lowest BCUT2D eigenvalue weighted by Crippen LogP contribution is -2.73. The maximum atomic E-state index is 13.5. The van der Waals surface area contributed by atoms with Gasteiger partial charge in [-0.1, -0.05) is 11.6 Å². The molecule has 7 heteroatoms. The van der Waals surface area contributed by atoms with Crippen molar-refractivity contribution in [3.8, 4) is 0 Å². The number of hydrogen-bond acceptors (Lipinski definition) is 4. The van der Waals surface area contributed by atoms with Crippen molar-refractivity contribution in [1.82, 2.24) is 14.9 Å². The van der Waals surface area contributed by atoms with Crippen LogP contribution in [-0.2, 0) is 11.3 Å². The van der Waals surface area contributed by atoms with E-state index in [0.29, 0.717) is 31.4 Å². The van der Waals surface area contributed by atoms with Gasteiger partial charge in [0.25, 0.3) is 5.91 Å². The predicted molar refractivity (Wildman–Crippen MR) is 126 cm³/mol. The molecule has 1 amide bonds. The highest BCUT2D eigenvalue weighted by molar-refractivity contribution is 6.06. The molecule has 4 saturated carbocycles. The number of aryl methyl sites for hydroxylation is 1. The molecule has 0 radical (unpaired) electrons. The summed E-state index contributed by atoms with van der Waals surface area (Å²) in [5, 5.41) is 14.8. The summed E-state index contributed by atoms with van der Waals surface area (Å²) in [4.78, 5) is 29.4. The number of nitrogens with zero attached hydrogens (tertiary/aromatic N) is 2. The average Bonchev–Trinajstić information content (AvgIpc) is 3.21. The molecule has 4 aromatic rings. The highest BCUT2D eigenvalue weighted by Gasteiger charge is 2.81. The molecule has 34 heavy (non-hydrogen) atoms. The number of carboxylic acid groups (broad SMARTS) is 1. The number of carbonyl (C=O) groups is 2. The minimum absolute atomic E-state index is 0.0449. The van der Waals surface area contributed by atoms with E-state index in [-0.39, 0.29) is 16.9 Å². The summed E-state index contributed by atoms with van der Waals surface area (Å²) < 4.78 is 8.09. The van der Waals surface area contributed by atoms with E-state index < -0.39 is 11.4 Å². The Balaban J connectivity index is 1.18. The monoisotopic (exact) mass is 455 g/mol. The summed E-state index contributed by atoms with van der Waals surface area (Å²) >= 11 is 0. The highest BCUT2D eigenvalue weighted by atomic mass is 16.4. The first-order valence-electron chi connectivity index (χ1n) is 11.8. The van der Waals surface area contributed by atoms with E-state index in [2.05, 4.69) is 29.4 Å². The van der Waals surface area contributed by atoms with Crippen molar-refractivity contribution >= 4 is 33.7 Å². The molecule has 4 aliphatic rings. The number of fused-ring (bicyclic) bond motifs is 2. The molecule has 2 bridgehead atoms. The second-order valence-corrected chi connectivity index (χ2v) is 10.8. The topological polar surface area (TPSA) is 97.4 Å². The number of furan rings is 1. The van der Waals surface area contributed by atoms with Gasteiger partial charge in [-0.2, -0.15) is 0 Å². The lowest BCUT2D eigenvalue weighted by Gasteiger charge is -2.71. The van der Waals surface area contributed by atoms with Gasteiger partial charge >= 0.3 is 5.97 Å². The van der Waals surface area contributed by atoms with Gasteiger partial charge in [-0.05, 0) is 68.7 Å². The summed E-state index contributed by atoms with van der Waals surface area (Å²) in [6, 6.07) is 10.1. The van der Waals surface area contributed by atoms with Gasteiger partial charge in [-0.25, -0.2) is 0 Å². The number of benzene rings is 1. The second kappa shape index (κ2) is 6.29. The van der Waals surface area contributed by atoms with Crippen LogP contribution in [0, 0.1) is 17.8 Å². The number of hydrogen-bond donors (Lipinski definition) is 2. The quantitative estimate of drug-likeness (QED) is 0.441. The fraction of sp³-hybridized carbons (Fsp3) is 0.370. The van der Waals surface area contributed by atoms with E-state index in [4.69, 9.17) is 4.42 Å². The Hall–Kier alpha value is -3.61. The van der Waals surface area contributed by atoms with Crippen molar-refractivity contribution in [1.29, 1.82) is 0 Å². The number of pyridine rings is 1. The van der Waals surface area contributed by atoms with Crippen molar-refractivity contribution < 1.29 is 19.1 Å². The van der Waals surface area contributed by atoms with E-state index >= 15 is 0 Å². The first-order valence-corrected chi connectivity index (χ1v) is 11.8. The molecule has 4 aliphatic carbocycles. The van der Waals surface area contributed by atoms with E-state index in [0.717, 1.165) is 40.5 Å². The smallest absolute Gasteiger partial charge is 0.309 e. The number of carboxylic acids is 1. The lowest BCUT2D eigenvalue weighted by molar-refractivity contribution is -0.236. The van der Waals surface area contributed by atoms with Crippen LogP contribution in [0.25, 0.3) is 21.9 Å². The fourth-order valence-corrected chi connectivity index (χ4v) is 6.64. The van der Waals surface area contributed by atoms with Crippen molar-refractivity contribution in [2.45, 2.75) is 51.1 Å². The standard InChI is InChI=1S/C27H25N3O4/c1-16-2-3-21-18(8-16)9-19(34-21)12-30-7-4-17-10-28-11-20(22(17)30)23(31)29-27(5-6-27)26-13-25(14-26,15-26)24(32)33/h2-4,7-11H,5-6,12-15H2,1H3,(H,29,31)(H,32,33). The van der Waals surface area contributed by atoms with Crippen molar-refractivity contribution in [2.75, 3.05) is 0 Å². The number of nitrogens with one attached hydrogen (secondary N) is 1. The summed E-state index contributed by atoms with van der Waals surface area (Å²) in [6.45, 7) is 2.57. The molecule has 3 aromatic heterocycles. The molecule has 0 atom stereocenters. The van der Waals surface area contributed by atoms with Crippen LogP contribution in [0.1, 0.15) is 53.8 Å². The minimum atomic E-state index is -0.691. The van der Waals surface area contributed by atoms with Gasteiger partial charge in [0.1, 0.15) is 11.3 Å². The van der Waals surface area contributed by atoms with Crippen molar-refractivity contribution in [3.05, 3.63) is 65.8 Å². The molecule has 2 N–H and O–H groups in total. The number of rotatable bonds is 6. The van der Waals surface area contributed by atoms with Gasteiger partial charge in [-0.3, -0.25) is 14.6 Å². The summed E-state index contributed by atoms with van der Waals surface area (Å²) in [5.41, 5.74) is 2.56. The SMILES string of the molecule is Cc1ccc2oc(Cn3ccc4cncc(C(=O)NC5(C67CC(C(=O)O)(C6)C7)CC5)c43)cc2c1. The summed E-state index contributed by atoms with van der Waals surface area (Å²) in [7, 11) is 0. The molecule has 0 spiro atoms. The van der Waals surface area contributed by atoms with E-state index in [1.54, 1.807) is 12.4 Å². The Bertz CT molecular complexity index is 1500. The average molecular weight is 456 g/mol. The molecule has 0 aliphatic heterocycles. The van der Waals surface area contributed by atoms with Crippen LogP contribution in [0.3, 0.4) is 0 Å². The first kappa shape index (κ1) is 19.8. The van der Waals surface area contributed by atoms with Crippen molar-refractivity contribution in [3.63, 3.8) is 0 Å². The zero-order valence-electron chi connectivity index (χ0n) is 18.9. The Morgan fingerprint density at radius 3 is 2.65 bits per heavy atom. The van der Waals surface area contributed by atoms with Crippen molar-refractivity contribution in [2.24, 2.45) is 10.8 Å². The van der Waals surface area contributed by atoms with Gasteiger partial charge in [0.05, 0.1) is 23.0 Å². The predicted octanol–water partition coefficient (Wildman–Crippen LogP) is 4.66. The van der Waals surface area contributed by atoms with Crippen LogP contribution in [0.2, 0.25) is 0 Å². The normalized spacial score (nSPS) is 26.1. The second-order valence-electron chi connectivity index (χ2n) is 10.8. The van der Waals surface area contributed by atoms with Crippen LogP contribution in [0.5, 0.6) is 0 Å². The summed E-state index contributed by atoms with van der Waals surface area (Å²) in [5.74, 6) is 0.00157. The first-order chi connectivity index (χ1) is 16.3. The molecule has 3 heterocycles. The van der Waals surface area contributed by atoms with Gasteiger partial charge < -0.3 is 19.4 Å². The largest absolute Gasteiger partial charge is 0.481 e. The molecule has 7 nitrogen and oxygen atoms in total. The molecule has 1 aromatic carbocycles. The Kier molecular flexibility index (Phi) is 3.66. The van der Waals surface area contributed by atoms with Gasteiger partial charge in [0.2, 0.25) is 0 Å². The third kappa shape index (κ3) is 2.55. The Labute approximate surface area is 195 Å². The maximum absolute atomic E-state index is 13.5. The summed E-state index contributed by atoms with van der Waals surface area (Å²) in [6.07, 6.45) is 9.24. The molecule has 0 unspecified atom stereocenters. The number of aromatic nitrogens is 2. The number of amides is 1. The Morgan fingerprint density at radius 2 is 1.91 bits per heavy atom. The number of carbonyl (C=O) groups excluding carboxylic acids is 1. The zero-order chi connectivity index (χ0) is 23.3. The lowest BCUT2D eigenvalue weighted by atomic mass is 9.32. The molecular weight excluding hydrogens is 430 g/mol. The Morgan fingerprint density at radius 1 is 1.12 bits per heavy atom. The van der Waals surface area contributed by atoms with Crippen LogP contribution in [0.4, 0.5) is 0 Å². The van der Waals surface area contributed by atoms with Crippen LogP contribution in [-0.4, -0.2) is 32.1 Å². The zero-order valence-corrected chi connectivity index (χ0v) is 18.9. The van der Waals surface area contributed by atoms with Gasteiger partial charge in [0.15, 0.2) is 0 Å². The van der Waals surface area contributed by atoms with Crippen LogP contribution >= 0.6 is 0 Å². The van der Waals surface area contributed by atoms with E-state index in [1.807, 2.05) is 29.0 Å². The third-order valence-electron chi connectivity index (χ3n) is 8.56. The number of aliphatic carboxylic acids is 1. The fourth-order valence-electron chi connectivity index (χ4n) is 6.64. The molecule has 172 valence electrons. The highest BCUT2D eigenvalue weighted by Crippen LogP contribution is 2.81. The van der Waals surface area contributed by atoms with E-state index in [9.17, 15) is 14.7 Å². The molecule has 8 rings (SSSR count). The van der Waals surface area contributed by atoms with Crippen LogP contribution < -0.4 is 5.32 Å². The molecule has 0 saturated heterocycles. The van der Waals surface area contributed by atoms with Gasteiger partial charge in [-0.15, -0.1) is 0 Å². The minimum Gasteiger partial charge on any atom is -0.481 e. The molecular formula is C27H25N3O4. The maximum Gasteiger partial charge on any atom is 0.309 e.